The van der Waals surface area contributed by atoms with Crippen molar-refractivity contribution in [3.05, 3.63) is 24.6 Å². The van der Waals surface area contributed by atoms with E-state index in [1.54, 1.807) is 0 Å². The van der Waals surface area contributed by atoms with Crippen LogP contribution in [-0.2, 0) is 0 Å². The van der Waals surface area contributed by atoms with Gasteiger partial charge in [0.2, 0.25) is 0 Å². The summed E-state index contributed by atoms with van der Waals surface area (Å²) in [5, 5.41) is 0. The molecule has 8 heavy (non-hydrogen) atoms. The van der Waals surface area contributed by atoms with Gasteiger partial charge in [0.25, 0.3) is 0 Å². The van der Waals surface area contributed by atoms with Crippen molar-refractivity contribution < 1.29 is 4.39 Å². The minimum Gasteiger partial charge on any atom is -0.207 e. The summed E-state index contributed by atoms with van der Waals surface area (Å²) in [5.41, 5.74) is 0.188. The van der Waals surface area contributed by atoms with Crippen LogP contribution in [0.15, 0.2) is 24.6 Å². The molecule has 0 aliphatic rings. The lowest BCUT2D eigenvalue weighted by Gasteiger charge is -1.91. The van der Waals surface area contributed by atoms with Crippen LogP contribution < -0.4 is 0 Å². The van der Waals surface area contributed by atoms with Crippen molar-refractivity contribution >= 4 is 9.24 Å². The highest BCUT2D eigenvalue weighted by molar-refractivity contribution is 7.17. The zero-order valence-electron chi connectivity index (χ0n) is 4.89. The van der Waals surface area contributed by atoms with Gasteiger partial charge in [-0.2, -0.15) is 0 Å². The van der Waals surface area contributed by atoms with E-state index >= 15 is 0 Å². The maximum atomic E-state index is 12.1. The van der Waals surface area contributed by atoms with E-state index in [0.717, 1.165) is 0 Å². The van der Waals surface area contributed by atoms with E-state index < -0.39 is 0 Å². The molecule has 0 aromatic carbocycles. The minimum atomic E-state index is -0.257. The van der Waals surface area contributed by atoms with Gasteiger partial charge in [-0.25, -0.2) is 4.39 Å². The monoisotopic (exact) mass is 132 g/mol. The standard InChI is InChI=1S/C6H10FP/c1-3-6(7)4-5(2)8/h3-5H,1,8H2,2H3/b6-4+. The molecule has 0 nitrogen and oxygen atoms in total. The van der Waals surface area contributed by atoms with E-state index in [2.05, 4.69) is 15.8 Å². The Labute approximate surface area is 51.7 Å². The number of rotatable bonds is 2. The van der Waals surface area contributed by atoms with Crippen molar-refractivity contribution in [1.82, 2.24) is 0 Å². The Morgan fingerprint density at radius 1 is 1.88 bits per heavy atom. The molecule has 0 saturated heterocycles. The fraction of sp³-hybridized carbons (Fsp3) is 0.333. The second kappa shape index (κ2) is 3.80. The summed E-state index contributed by atoms with van der Waals surface area (Å²) in [4.78, 5) is 0. The number of halogens is 1. The molecule has 0 fully saturated rings. The molecule has 0 aromatic heterocycles. The van der Waals surface area contributed by atoms with Gasteiger partial charge < -0.3 is 0 Å². The first-order valence-corrected chi connectivity index (χ1v) is 3.09. The fourth-order valence-corrected chi connectivity index (χ4v) is 0.503. The first-order chi connectivity index (χ1) is 3.66. The summed E-state index contributed by atoms with van der Waals surface area (Å²) < 4.78 is 12.1. The minimum absolute atomic E-state index is 0.188. The Morgan fingerprint density at radius 2 is 2.38 bits per heavy atom. The largest absolute Gasteiger partial charge is 0.207 e. The van der Waals surface area contributed by atoms with Crippen molar-refractivity contribution in [1.29, 1.82) is 0 Å². The van der Waals surface area contributed by atoms with Crippen molar-refractivity contribution in [2.45, 2.75) is 12.6 Å². The lowest BCUT2D eigenvalue weighted by atomic mass is 10.4. The Morgan fingerprint density at radius 3 is 2.50 bits per heavy atom. The van der Waals surface area contributed by atoms with Gasteiger partial charge in [-0.15, -0.1) is 9.24 Å². The molecule has 0 amide bonds. The summed E-state index contributed by atoms with van der Waals surface area (Å²) in [7, 11) is 2.47. The smallest absolute Gasteiger partial charge is 0.119 e. The van der Waals surface area contributed by atoms with Gasteiger partial charge in [0.15, 0.2) is 0 Å². The fourth-order valence-electron chi connectivity index (χ4n) is 0.319. The maximum Gasteiger partial charge on any atom is 0.119 e. The lowest BCUT2D eigenvalue weighted by molar-refractivity contribution is 0.662. The van der Waals surface area contributed by atoms with Gasteiger partial charge in [-0.05, 0) is 17.8 Å². The predicted molar refractivity (Wildman–Crippen MR) is 38.6 cm³/mol. The zero-order valence-corrected chi connectivity index (χ0v) is 6.05. The van der Waals surface area contributed by atoms with Crippen LogP contribution >= 0.6 is 9.24 Å². The third-order valence-corrected chi connectivity index (χ3v) is 0.810. The van der Waals surface area contributed by atoms with Gasteiger partial charge in [-0.1, -0.05) is 13.5 Å². The molecule has 0 rings (SSSR count). The number of hydrogen-bond donors (Lipinski definition) is 0. The third-order valence-electron chi connectivity index (χ3n) is 0.617. The first-order valence-electron chi connectivity index (χ1n) is 2.42. The highest BCUT2D eigenvalue weighted by Gasteiger charge is 1.87. The molecule has 0 aromatic rings. The second-order valence-electron chi connectivity index (χ2n) is 1.61. The Kier molecular flexibility index (Phi) is 3.72. The maximum absolute atomic E-state index is 12.1. The highest BCUT2D eigenvalue weighted by atomic mass is 31.0. The lowest BCUT2D eigenvalue weighted by Crippen LogP contribution is -1.80. The molecule has 2 atom stereocenters. The van der Waals surface area contributed by atoms with E-state index in [-0.39, 0.29) is 11.5 Å². The van der Waals surface area contributed by atoms with E-state index in [9.17, 15) is 4.39 Å². The SMILES string of the molecule is C=C/C(F)=C\C(C)P. The summed E-state index contributed by atoms with van der Waals surface area (Å²) in [6.45, 7) is 5.14. The molecule has 0 saturated carbocycles. The Hall–Kier alpha value is -0.160. The van der Waals surface area contributed by atoms with Gasteiger partial charge in [0.05, 0.1) is 0 Å². The number of hydrogen-bond acceptors (Lipinski definition) is 0. The van der Waals surface area contributed by atoms with Crippen LogP contribution in [0.1, 0.15) is 6.92 Å². The summed E-state index contributed by atoms with van der Waals surface area (Å²) >= 11 is 0. The number of allylic oxidation sites excluding steroid dienone is 3. The molecule has 0 aliphatic carbocycles. The Balaban J connectivity index is 3.74. The molecular weight excluding hydrogens is 122 g/mol. The molecule has 0 aliphatic heterocycles. The molecule has 0 radical (unpaired) electrons. The quantitative estimate of drug-likeness (QED) is 0.399. The molecule has 46 valence electrons. The van der Waals surface area contributed by atoms with Crippen molar-refractivity contribution in [2.75, 3.05) is 0 Å². The van der Waals surface area contributed by atoms with Gasteiger partial charge in [-0.3, -0.25) is 0 Å². The first kappa shape index (κ1) is 7.84. The summed E-state index contributed by atoms with van der Waals surface area (Å²) in [6.07, 6.45) is 2.68. The molecule has 2 unspecified atom stereocenters. The average molecular weight is 132 g/mol. The molecule has 2 heteroatoms. The third kappa shape index (κ3) is 4.01. The van der Waals surface area contributed by atoms with Crippen LogP contribution in [0.3, 0.4) is 0 Å². The normalized spacial score (nSPS) is 15.6. The molecule has 0 spiro atoms. The highest BCUT2D eigenvalue weighted by Crippen LogP contribution is 2.05. The van der Waals surface area contributed by atoms with Gasteiger partial charge in [0.1, 0.15) is 5.83 Å². The van der Waals surface area contributed by atoms with Crippen LogP contribution in [0.25, 0.3) is 0 Å². The van der Waals surface area contributed by atoms with E-state index in [4.69, 9.17) is 0 Å². The summed E-state index contributed by atoms with van der Waals surface area (Å²) in [6, 6.07) is 0. The van der Waals surface area contributed by atoms with Crippen molar-refractivity contribution in [2.24, 2.45) is 0 Å². The van der Waals surface area contributed by atoms with E-state index in [1.165, 1.54) is 12.2 Å². The zero-order chi connectivity index (χ0) is 6.57. The molecule has 0 N–H and O–H groups in total. The molecule has 0 bridgehead atoms. The van der Waals surface area contributed by atoms with Gasteiger partial charge in [0, 0.05) is 0 Å². The van der Waals surface area contributed by atoms with Crippen LogP contribution in [0.4, 0.5) is 4.39 Å². The van der Waals surface area contributed by atoms with E-state index in [0.29, 0.717) is 0 Å². The van der Waals surface area contributed by atoms with Crippen LogP contribution in [0.5, 0.6) is 0 Å². The van der Waals surface area contributed by atoms with Gasteiger partial charge >= 0.3 is 0 Å². The second-order valence-corrected chi connectivity index (χ2v) is 2.67. The average Bonchev–Trinajstić information content (AvgIpc) is 1.65. The van der Waals surface area contributed by atoms with E-state index in [1.807, 2.05) is 6.92 Å². The van der Waals surface area contributed by atoms with Crippen LogP contribution in [-0.4, -0.2) is 5.66 Å². The molecule has 0 heterocycles. The topological polar surface area (TPSA) is 0 Å². The van der Waals surface area contributed by atoms with Crippen molar-refractivity contribution in [3.8, 4) is 0 Å². The van der Waals surface area contributed by atoms with Crippen LogP contribution in [0, 0.1) is 0 Å². The van der Waals surface area contributed by atoms with Crippen molar-refractivity contribution in [3.63, 3.8) is 0 Å². The summed E-state index contributed by atoms with van der Waals surface area (Å²) in [5.74, 6) is -0.257. The predicted octanol–water partition coefficient (Wildman–Crippen LogP) is 2.29. The Bertz CT molecular complexity index is 105. The molecular formula is C6H10FP. The van der Waals surface area contributed by atoms with Crippen LogP contribution in [0.2, 0.25) is 0 Å².